The highest BCUT2D eigenvalue weighted by Gasteiger charge is 2.30. The number of esters is 1. The lowest BCUT2D eigenvalue weighted by molar-refractivity contribution is -0.146. The van der Waals surface area contributed by atoms with Gasteiger partial charge in [0.2, 0.25) is 0 Å². The first kappa shape index (κ1) is 13.0. The Hall–Kier alpha value is -1.40. The molecule has 0 fully saturated rings. The minimum atomic E-state index is -0.915. The number of nitrogens with two attached hydrogens (primary N) is 1. The van der Waals surface area contributed by atoms with Crippen LogP contribution in [-0.2, 0) is 22.6 Å². The summed E-state index contributed by atoms with van der Waals surface area (Å²) in [5.74, 6) is 0.707. The normalized spacial score (nSPS) is 19.1. The standard InChI is InChI=1S/C12H20N4O2/c1-12(13,11(17)18-2)3-5-15-7-8-16-6-4-14-10(16)9-15/h4,6H,3,5,7-9,13H2,1-2H3. The predicted molar refractivity (Wildman–Crippen MR) is 66.7 cm³/mol. The third-order valence-corrected chi connectivity index (χ3v) is 3.42. The maximum absolute atomic E-state index is 11.5. The second kappa shape index (κ2) is 5.07. The third kappa shape index (κ3) is 2.70. The van der Waals surface area contributed by atoms with E-state index in [1.54, 1.807) is 6.92 Å². The Morgan fingerprint density at radius 1 is 1.61 bits per heavy atom. The monoisotopic (exact) mass is 252 g/mol. The van der Waals surface area contributed by atoms with Crippen molar-refractivity contribution in [2.45, 2.75) is 32.0 Å². The van der Waals surface area contributed by atoms with E-state index < -0.39 is 5.54 Å². The Labute approximate surface area is 107 Å². The minimum absolute atomic E-state index is 0.360. The first-order chi connectivity index (χ1) is 8.53. The van der Waals surface area contributed by atoms with Crippen molar-refractivity contribution in [1.82, 2.24) is 14.5 Å². The maximum Gasteiger partial charge on any atom is 0.325 e. The van der Waals surface area contributed by atoms with Gasteiger partial charge in [-0.05, 0) is 13.3 Å². The van der Waals surface area contributed by atoms with Crippen LogP contribution in [-0.4, -0.2) is 46.2 Å². The molecule has 100 valence electrons. The molecule has 0 saturated carbocycles. The van der Waals surface area contributed by atoms with Crippen LogP contribution in [0.3, 0.4) is 0 Å². The summed E-state index contributed by atoms with van der Waals surface area (Å²) < 4.78 is 6.85. The lowest BCUT2D eigenvalue weighted by Gasteiger charge is -2.30. The lowest BCUT2D eigenvalue weighted by atomic mass is 9.99. The summed E-state index contributed by atoms with van der Waals surface area (Å²) in [6.45, 7) is 5.19. The van der Waals surface area contributed by atoms with Crippen LogP contribution in [0.25, 0.3) is 0 Å². The molecule has 6 heteroatoms. The molecule has 0 saturated heterocycles. The van der Waals surface area contributed by atoms with Gasteiger partial charge in [-0.3, -0.25) is 9.69 Å². The first-order valence-electron chi connectivity index (χ1n) is 6.12. The molecule has 1 aliphatic heterocycles. The van der Waals surface area contributed by atoms with Gasteiger partial charge in [-0.2, -0.15) is 0 Å². The number of fused-ring (bicyclic) bond motifs is 1. The summed E-state index contributed by atoms with van der Waals surface area (Å²) in [6, 6.07) is 0. The van der Waals surface area contributed by atoms with Gasteiger partial charge in [0, 0.05) is 32.0 Å². The van der Waals surface area contributed by atoms with E-state index in [0.717, 1.165) is 32.0 Å². The number of hydrogen-bond acceptors (Lipinski definition) is 5. The molecule has 6 nitrogen and oxygen atoms in total. The molecule has 1 atom stereocenters. The molecule has 1 aromatic rings. The molecule has 0 spiro atoms. The van der Waals surface area contributed by atoms with Crippen molar-refractivity contribution in [3.63, 3.8) is 0 Å². The summed E-state index contributed by atoms with van der Waals surface area (Å²) in [7, 11) is 1.37. The quantitative estimate of drug-likeness (QED) is 0.762. The zero-order valence-corrected chi connectivity index (χ0v) is 10.9. The number of hydrogen-bond donors (Lipinski definition) is 1. The Bertz CT molecular complexity index is 427. The van der Waals surface area contributed by atoms with Crippen LogP contribution < -0.4 is 5.73 Å². The van der Waals surface area contributed by atoms with Gasteiger partial charge in [0.15, 0.2) is 0 Å². The highest BCUT2D eigenvalue weighted by Crippen LogP contribution is 2.14. The first-order valence-corrected chi connectivity index (χ1v) is 6.12. The number of methoxy groups -OCH3 is 1. The fourth-order valence-corrected chi connectivity index (χ4v) is 2.14. The number of imidazole rings is 1. The number of nitrogens with zero attached hydrogens (tertiary/aromatic N) is 3. The highest BCUT2D eigenvalue weighted by atomic mass is 16.5. The number of carbonyl (C=O) groups is 1. The van der Waals surface area contributed by atoms with Crippen molar-refractivity contribution in [3.8, 4) is 0 Å². The van der Waals surface area contributed by atoms with E-state index >= 15 is 0 Å². The molecular weight excluding hydrogens is 232 g/mol. The SMILES string of the molecule is COC(=O)C(C)(N)CCN1CCn2ccnc2C1. The molecule has 2 rings (SSSR count). The fraction of sp³-hybridized carbons (Fsp3) is 0.667. The summed E-state index contributed by atoms with van der Waals surface area (Å²) in [5, 5.41) is 0. The van der Waals surface area contributed by atoms with Crippen LogP contribution in [0.4, 0.5) is 0 Å². The molecule has 0 radical (unpaired) electrons. The minimum Gasteiger partial charge on any atom is -0.468 e. The second-order valence-corrected chi connectivity index (χ2v) is 4.97. The second-order valence-electron chi connectivity index (χ2n) is 4.97. The molecule has 1 aromatic heterocycles. The largest absolute Gasteiger partial charge is 0.468 e. The highest BCUT2D eigenvalue weighted by molar-refractivity contribution is 5.79. The van der Waals surface area contributed by atoms with E-state index in [1.807, 2.05) is 12.4 Å². The van der Waals surface area contributed by atoms with Gasteiger partial charge in [-0.15, -0.1) is 0 Å². The fourth-order valence-electron chi connectivity index (χ4n) is 2.14. The van der Waals surface area contributed by atoms with E-state index in [1.165, 1.54) is 7.11 Å². The van der Waals surface area contributed by atoms with Gasteiger partial charge >= 0.3 is 5.97 Å². The molecule has 0 aromatic carbocycles. The van der Waals surface area contributed by atoms with E-state index in [-0.39, 0.29) is 5.97 Å². The van der Waals surface area contributed by atoms with E-state index in [9.17, 15) is 4.79 Å². The van der Waals surface area contributed by atoms with E-state index in [2.05, 4.69) is 14.5 Å². The number of ether oxygens (including phenoxy) is 1. The smallest absolute Gasteiger partial charge is 0.325 e. The van der Waals surface area contributed by atoms with Gasteiger partial charge in [0.1, 0.15) is 11.4 Å². The molecule has 2 N–H and O–H groups in total. The number of rotatable bonds is 4. The Morgan fingerprint density at radius 3 is 3.11 bits per heavy atom. The number of aromatic nitrogens is 2. The molecule has 0 amide bonds. The lowest BCUT2D eigenvalue weighted by Crippen LogP contribution is -2.48. The van der Waals surface area contributed by atoms with Crippen LogP contribution >= 0.6 is 0 Å². The Kier molecular flexibility index (Phi) is 3.68. The van der Waals surface area contributed by atoms with Crippen molar-refractivity contribution in [3.05, 3.63) is 18.2 Å². The molecule has 2 heterocycles. The summed E-state index contributed by atoms with van der Waals surface area (Å²) in [6.07, 6.45) is 4.40. The van der Waals surface area contributed by atoms with Crippen LogP contribution in [0.2, 0.25) is 0 Å². The molecule has 18 heavy (non-hydrogen) atoms. The van der Waals surface area contributed by atoms with Crippen molar-refractivity contribution in [2.75, 3.05) is 20.2 Å². The molecule has 1 unspecified atom stereocenters. The molecule has 1 aliphatic rings. The van der Waals surface area contributed by atoms with Crippen molar-refractivity contribution in [2.24, 2.45) is 5.73 Å². The van der Waals surface area contributed by atoms with Crippen LogP contribution in [0, 0.1) is 0 Å². The molecule has 0 aliphatic carbocycles. The van der Waals surface area contributed by atoms with Gasteiger partial charge in [-0.1, -0.05) is 0 Å². The van der Waals surface area contributed by atoms with Gasteiger partial charge in [-0.25, -0.2) is 4.98 Å². The van der Waals surface area contributed by atoms with E-state index in [0.29, 0.717) is 6.42 Å². The summed E-state index contributed by atoms with van der Waals surface area (Å²) >= 11 is 0. The molecular formula is C12H20N4O2. The van der Waals surface area contributed by atoms with Crippen molar-refractivity contribution in [1.29, 1.82) is 0 Å². The topological polar surface area (TPSA) is 73.4 Å². The Morgan fingerprint density at radius 2 is 2.39 bits per heavy atom. The van der Waals surface area contributed by atoms with Crippen molar-refractivity contribution < 1.29 is 9.53 Å². The van der Waals surface area contributed by atoms with Gasteiger partial charge in [0.05, 0.1) is 13.7 Å². The average molecular weight is 252 g/mol. The zero-order valence-electron chi connectivity index (χ0n) is 10.9. The van der Waals surface area contributed by atoms with E-state index in [4.69, 9.17) is 10.5 Å². The number of carbonyl (C=O) groups excluding carboxylic acids is 1. The predicted octanol–water partition coefficient (Wildman–Crippen LogP) is -0.0208. The maximum atomic E-state index is 11.5. The van der Waals surface area contributed by atoms with Crippen molar-refractivity contribution >= 4 is 5.97 Å². The molecule has 0 bridgehead atoms. The summed E-state index contributed by atoms with van der Waals surface area (Å²) in [4.78, 5) is 18.0. The zero-order chi connectivity index (χ0) is 13.2. The van der Waals surface area contributed by atoms with Crippen LogP contribution in [0.15, 0.2) is 12.4 Å². The van der Waals surface area contributed by atoms with Gasteiger partial charge in [0.25, 0.3) is 0 Å². The van der Waals surface area contributed by atoms with Gasteiger partial charge < -0.3 is 15.0 Å². The van der Waals surface area contributed by atoms with Crippen LogP contribution in [0.1, 0.15) is 19.2 Å². The third-order valence-electron chi connectivity index (χ3n) is 3.42. The average Bonchev–Trinajstić information content (AvgIpc) is 2.82. The Balaban J connectivity index is 1.87. The summed E-state index contributed by atoms with van der Waals surface area (Å²) in [5.41, 5.74) is 5.03. The van der Waals surface area contributed by atoms with Crippen LogP contribution in [0.5, 0.6) is 0 Å².